The van der Waals surface area contributed by atoms with Crippen LogP contribution in [0, 0.1) is 12.8 Å². The van der Waals surface area contributed by atoms with E-state index in [1.165, 1.54) is 11.1 Å². The zero-order chi connectivity index (χ0) is 11.3. The van der Waals surface area contributed by atoms with E-state index in [0.29, 0.717) is 5.88 Å². The average molecular weight is 225 g/mol. The van der Waals surface area contributed by atoms with Crippen molar-refractivity contribution in [2.24, 2.45) is 5.92 Å². The minimum atomic E-state index is 0.0728. The van der Waals surface area contributed by atoms with Crippen LogP contribution in [0.5, 0.6) is 0 Å². The normalized spacial score (nSPS) is 12.5. The molecule has 0 radical (unpaired) electrons. The molecular weight excluding hydrogens is 208 g/mol. The van der Waals surface area contributed by atoms with Crippen molar-refractivity contribution in [1.29, 1.82) is 0 Å². The molecule has 1 rings (SSSR count). The second-order valence-corrected chi connectivity index (χ2v) is 4.29. The molecule has 1 atom stereocenters. The van der Waals surface area contributed by atoms with Crippen molar-refractivity contribution in [2.75, 3.05) is 5.88 Å². The fraction of sp³-hybridized carbons (Fsp3) is 0.462. The molecule has 0 spiro atoms. The van der Waals surface area contributed by atoms with Crippen LogP contribution >= 0.6 is 11.6 Å². The number of aryl methyl sites for hydroxylation is 1. The van der Waals surface area contributed by atoms with E-state index in [1.54, 1.807) is 6.92 Å². The lowest BCUT2D eigenvalue weighted by Gasteiger charge is -2.13. The van der Waals surface area contributed by atoms with Crippen LogP contribution < -0.4 is 0 Å². The first-order valence-electron chi connectivity index (χ1n) is 5.26. The van der Waals surface area contributed by atoms with Crippen LogP contribution in [-0.2, 0) is 11.2 Å². The van der Waals surface area contributed by atoms with Crippen molar-refractivity contribution in [3.8, 4) is 0 Å². The van der Waals surface area contributed by atoms with E-state index in [1.807, 2.05) is 12.1 Å². The third kappa shape index (κ3) is 3.67. The molecule has 0 saturated carbocycles. The number of hydrogen-bond donors (Lipinski definition) is 0. The molecule has 0 aliphatic carbocycles. The number of benzene rings is 1. The summed E-state index contributed by atoms with van der Waals surface area (Å²) in [5.74, 6) is 0.860. The first-order chi connectivity index (χ1) is 7.15. The molecule has 0 N–H and O–H groups in total. The van der Waals surface area contributed by atoms with Gasteiger partial charge < -0.3 is 0 Å². The maximum Gasteiger partial charge on any atom is 0.133 e. The SMILES string of the molecule is CC(=O)C(CCCl)Cc1ccccc1C. The number of ketones is 1. The predicted molar refractivity (Wildman–Crippen MR) is 64.4 cm³/mol. The summed E-state index contributed by atoms with van der Waals surface area (Å²) in [6.07, 6.45) is 1.58. The van der Waals surface area contributed by atoms with Gasteiger partial charge in [0.05, 0.1) is 0 Å². The number of hydrogen-bond acceptors (Lipinski definition) is 1. The van der Waals surface area contributed by atoms with E-state index in [0.717, 1.165) is 12.8 Å². The van der Waals surface area contributed by atoms with Gasteiger partial charge in [0.15, 0.2) is 0 Å². The molecule has 0 saturated heterocycles. The highest BCUT2D eigenvalue weighted by Crippen LogP contribution is 2.17. The number of Topliss-reactive ketones (excluding diaryl/α,β-unsaturated/α-hetero) is 1. The first-order valence-corrected chi connectivity index (χ1v) is 5.79. The van der Waals surface area contributed by atoms with Crippen LogP contribution in [0.15, 0.2) is 24.3 Å². The molecule has 1 unspecified atom stereocenters. The monoisotopic (exact) mass is 224 g/mol. The van der Waals surface area contributed by atoms with Gasteiger partial charge in [0.1, 0.15) is 5.78 Å². The third-order valence-electron chi connectivity index (χ3n) is 2.76. The Bertz CT molecular complexity index is 333. The molecule has 0 bridgehead atoms. The largest absolute Gasteiger partial charge is 0.300 e. The molecule has 1 aromatic rings. The van der Waals surface area contributed by atoms with Gasteiger partial charge in [0.25, 0.3) is 0 Å². The summed E-state index contributed by atoms with van der Waals surface area (Å²) in [6, 6.07) is 8.19. The molecule has 0 amide bonds. The van der Waals surface area contributed by atoms with Crippen molar-refractivity contribution in [1.82, 2.24) is 0 Å². The quantitative estimate of drug-likeness (QED) is 0.701. The van der Waals surface area contributed by atoms with Crippen molar-refractivity contribution in [2.45, 2.75) is 26.7 Å². The molecule has 1 aromatic carbocycles. The smallest absolute Gasteiger partial charge is 0.133 e. The van der Waals surface area contributed by atoms with E-state index >= 15 is 0 Å². The summed E-state index contributed by atoms with van der Waals surface area (Å²) >= 11 is 5.69. The Labute approximate surface area is 96.5 Å². The summed E-state index contributed by atoms with van der Waals surface area (Å²) in [6.45, 7) is 3.72. The summed E-state index contributed by atoms with van der Waals surface area (Å²) in [5, 5.41) is 0. The van der Waals surface area contributed by atoms with E-state index in [9.17, 15) is 4.79 Å². The van der Waals surface area contributed by atoms with Crippen LogP contribution in [-0.4, -0.2) is 11.7 Å². The Morgan fingerprint density at radius 3 is 2.60 bits per heavy atom. The molecule has 0 fully saturated rings. The third-order valence-corrected chi connectivity index (χ3v) is 2.98. The Morgan fingerprint density at radius 1 is 1.40 bits per heavy atom. The van der Waals surface area contributed by atoms with Crippen LogP contribution in [0.1, 0.15) is 24.5 Å². The van der Waals surface area contributed by atoms with E-state index in [4.69, 9.17) is 11.6 Å². The number of carbonyl (C=O) groups excluding carboxylic acids is 1. The molecule has 0 aliphatic rings. The molecule has 1 nitrogen and oxygen atoms in total. The van der Waals surface area contributed by atoms with Gasteiger partial charge in [0, 0.05) is 11.8 Å². The van der Waals surface area contributed by atoms with Gasteiger partial charge >= 0.3 is 0 Å². The fourth-order valence-electron chi connectivity index (χ4n) is 1.69. The standard InChI is InChI=1S/C13H17ClO/c1-10-5-3-4-6-12(10)9-13(7-8-14)11(2)15/h3-6,13H,7-9H2,1-2H3. The van der Waals surface area contributed by atoms with E-state index in [-0.39, 0.29) is 11.7 Å². The molecule has 0 aromatic heterocycles. The van der Waals surface area contributed by atoms with Crippen molar-refractivity contribution < 1.29 is 4.79 Å². The maximum atomic E-state index is 11.4. The number of halogens is 1. The number of rotatable bonds is 5. The van der Waals surface area contributed by atoms with Gasteiger partial charge in [-0.3, -0.25) is 4.79 Å². The van der Waals surface area contributed by atoms with Crippen molar-refractivity contribution in [3.05, 3.63) is 35.4 Å². The van der Waals surface area contributed by atoms with Gasteiger partial charge in [-0.05, 0) is 37.8 Å². The zero-order valence-electron chi connectivity index (χ0n) is 9.29. The predicted octanol–water partition coefficient (Wildman–Crippen LogP) is 3.37. The lowest BCUT2D eigenvalue weighted by atomic mass is 9.91. The van der Waals surface area contributed by atoms with Gasteiger partial charge in [-0.25, -0.2) is 0 Å². The molecule has 0 aliphatic heterocycles. The molecule has 2 heteroatoms. The highest BCUT2D eigenvalue weighted by molar-refractivity contribution is 6.18. The second-order valence-electron chi connectivity index (χ2n) is 3.92. The Kier molecular flexibility index (Phi) is 4.83. The van der Waals surface area contributed by atoms with Gasteiger partial charge in [-0.2, -0.15) is 0 Å². The molecule has 15 heavy (non-hydrogen) atoms. The summed E-state index contributed by atoms with van der Waals surface area (Å²) < 4.78 is 0. The molecular formula is C13H17ClO. The Hall–Kier alpha value is -0.820. The highest BCUT2D eigenvalue weighted by atomic mass is 35.5. The fourth-order valence-corrected chi connectivity index (χ4v) is 1.95. The first kappa shape index (κ1) is 12.3. The topological polar surface area (TPSA) is 17.1 Å². The minimum absolute atomic E-state index is 0.0728. The number of alkyl halides is 1. The van der Waals surface area contributed by atoms with Crippen LogP contribution in [0.3, 0.4) is 0 Å². The van der Waals surface area contributed by atoms with Crippen LogP contribution in [0.2, 0.25) is 0 Å². The molecule has 82 valence electrons. The van der Waals surface area contributed by atoms with E-state index in [2.05, 4.69) is 19.1 Å². The average Bonchev–Trinajstić information content (AvgIpc) is 2.20. The van der Waals surface area contributed by atoms with Crippen molar-refractivity contribution in [3.63, 3.8) is 0 Å². The second kappa shape index (κ2) is 5.92. The highest BCUT2D eigenvalue weighted by Gasteiger charge is 2.14. The van der Waals surface area contributed by atoms with Gasteiger partial charge in [-0.15, -0.1) is 11.6 Å². The minimum Gasteiger partial charge on any atom is -0.300 e. The van der Waals surface area contributed by atoms with Crippen LogP contribution in [0.25, 0.3) is 0 Å². The zero-order valence-corrected chi connectivity index (χ0v) is 10.1. The van der Waals surface area contributed by atoms with Gasteiger partial charge in [0.2, 0.25) is 0 Å². The lowest BCUT2D eigenvalue weighted by molar-refractivity contribution is -0.120. The Balaban J connectivity index is 2.74. The maximum absolute atomic E-state index is 11.4. The summed E-state index contributed by atoms with van der Waals surface area (Å²) in [7, 11) is 0. The Morgan fingerprint density at radius 2 is 2.07 bits per heavy atom. The molecule has 0 heterocycles. The number of carbonyl (C=O) groups is 1. The van der Waals surface area contributed by atoms with Crippen molar-refractivity contribution >= 4 is 17.4 Å². The summed E-state index contributed by atoms with van der Waals surface area (Å²) in [4.78, 5) is 11.4. The van der Waals surface area contributed by atoms with Gasteiger partial charge in [-0.1, -0.05) is 24.3 Å². The van der Waals surface area contributed by atoms with Crippen LogP contribution in [0.4, 0.5) is 0 Å². The lowest BCUT2D eigenvalue weighted by Crippen LogP contribution is -2.15. The van der Waals surface area contributed by atoms with E-state index < -0.39 is 0 Å². The summed E-state index contributed by atoms with van der Waals surface area (Å²) in [5.41, 5.74) is 2.50.